The number of carbonyl (C=O) groups excluding carboxylic acids is 1. The number of carbonyl (C=O) groups is 1. The molecule has 0 fully saturated rings. The molecule has 0 spiro atoms. The highest BCUT2D eigenvalue weighted by molar-refractivity contribution is 7.91. The Morgan fingerprint density at radius 2 is 1.76 bits per heavy atom. The number of nitrogens with one attached hydrogen (secondary N) is 2. The molecule has 0 unspecified atom stereocenters. The van der Waals surface area contributed by atoms with E-state index in [0.29, 0.717) is 47.2 Å². The fraction of sp³-hybridized carbons (Fsp3) is 0.278. The van der Waals surface area contributed by atoms with Gasteiger partial charge in [-0.25, -0.2) is 18.8 Å². The Labute approximate surface area is 284 Å². The van der Waals surface area contributed by atoms with Gasteiger partial charge in [0.1, 0.15) is 11.5 Å². The largest absolute Gasteiger partial charge is 0.497 e. The van der Waals surface area contributed by atoms with E-state index >= 15 is 0 Å². The van der Waals surface area contributed by atoms with Gasteiger partial charge in [-0.2, -0.15) is 0 Å². The summed E-state index contributed by atoms with van der Waals surface area (Å²) in [4.78, 5) is 19.5. The Bertz CT molecular complexity index is 1900. The fourth-order valence-corrected chi connectivity index (χ4v) is 6.98. The van der Waals surface area contributed by atoms with E-state index in [9.17, 15) is 13.2 Å². The van der Waals surface area contributed by atoms with Gasteiger partial charge in [0.25, 0.3) is 5.91 Å². The molecule has 2 aliphatic heterocycles. The van der Waals surface area contributed by atoms with E-state index in [1.165, 1.54) is 19.2 Å². The van der Waals surface area contributed by atoms with Crippen molar-refractivity contribution < 1.29 is 42.0 Å². The van der Waals surface area contributed by atoms with Crippen molar-refractivity contribution in [2.45, 2.75) is 35.9 Å². The SMILES string of the molecule is COc1cccc([C@@H]2OC(c3ccc(OCCCO)cc3)=N[C@]2(CCS(=O)(=O)c2ccccc2)C(=O)NNCc2ccc3c(c2)OCO3)c1. The first-order valence-electron chi connectivity index (χ1n) is 15.8. The van der Waals surface area contributed by atoms with E-state index in [-0.39, 0.29) is 42.9 Å². The summed E-state index contributed by atoms with van der Waals surface area (Å²) in [6, 6.07) is 27.6. The van der Waals surface area contributed by atoms with E-state index < -0.39 is 27.4 Å². The van der Waals surface area contributed by atoms with Gasteiger partial charge >= 0.3 is 0 Å². The smallest absolute Gasteiger partial charge is 0.266 e. The number of benzene rings is 4. The number of sulfone groups is 1. The number of aliphatic hydroxyl groups is 1. The van der Waals surface area contributed by atoms with Crippen LogP contribution >= 0.6 is 0 Å². The summed E-state index contributed by atoms with van der Waals surface area (Å²) in [6.07, 6.45) is -0.724. The van der Waals surface area contributed by atoms with Gasteiger partial charge in [0, 0.05) is 31.6 Å². The molecule has 2 atom stereocenters. The number of hydrogen-bond acceptors (Lipinski definition) is 11. The molecule has 0 aliphatic carbocycles. The minimum Gasteiger partial charge on any atom is -0.497 e. The van der Waals surface area contributed by atoms with E-state index in [4.69, 9.17) is 33.8 Å². The second-order valence-corrected chi connectivity index (χ2v) is 13.6. The molecular formula is C36H37N3O9S. The fourth-order valence-electron chi connectivity index (χ4n) is 5.60. The zero-order valence-corrected chi connectivity index (χ0v) is 27.6. The molecule has 256 valence electrons. The van der Waals surface area contributed by atoms with Crippen LogP contribution in [0.5, 0.6) is 23.0 Å². The minimum absolute atomic E-state index is 0.0179. The third kappa shape index (κ3) is 7.64. The van der Waals surface area contributed by atoms with Crippen molar-refractivity contribution in [3.63, 3.8) is 0 Å². The molecule has 13 heteroatoms. The molecule has 3 N–H and O–H groups in total. The molecule has 4 aromatic rings. The van der Waals surface area contributed by atoms with Crippen molar-refractivity contribution in [1.82, 2.24) is 10.9 Å². The Balaban J connectivity index is 1.35. The molecule has 0 saturated heterocycles. The zero-order chi connectivity index (χ0) is 34.3. The van der Waals surface area contributed by atoms with Gasteiger partial charge in [-0.15, -0.1) is 0 Å². The number of hydrazine groups is 1. The van der Waals surface area contributed by atoms with Gasteiger partial charge < -0.3 is 28.8 Å². The van der Waals surface area contributed by atoms with Gasteiger partial charge in [0.05, 0.1) is 24.4 Å². The van der Waals surface area contributed by atoms with Gasteiger partial charge in [0.2, 0.25) is 12.7 Å². The monoisotopic (exact) mass is 687 g/mol. The number of hydrogen-bond donors (Lipinski definition) is 3. The van der Waals surface area contributed by atoms with Crippen LogP contribution in [-0.2, 0) is 25.9 Å². The van der Waals surface area contributed by atoms with Crippen LogP contribution in [0, 0.1) is 0 Å². The number of nitrogens with zero attached hydrogens (tertiary/aromatic N) is 1. The third-order valence-electron chi connectivity index (χ3n) is 8.21. The van der Waals surface area contributed by atoms with Gasteiger partial charge in [0.15, 0.2) is 33.0 Å². The molecule has 2 heterocycles. The molecule has 49 heavy (non-hydrogen) atoms. The van der Waals surface area contributed by atoms with Crippen molar-refractivity contribution in [1.29, 1.82) is 0 Å². The van der Waals surface area contributed by atoms with Crippen LogP contribution < -0.4 is 29.8 Å². The van der Waals surface area contributed by atoms with Crippen molar-refractivity contribution in [2.24, 2.45) is 4.99 Å². The zero-order valence-electron chi connectivity index (χ0n) is 26.8. The molecular weight excluding hydrogens is 650 g/mol. The molecule has 0 bridgehead atoms. The summed E-state index contributed by atoms with van der Waals surface area (Å²) >= 11 is 0. The second kappa shape index (κ2) is 15.0. The van der Waals surface area contributed by atoms with Crippen LogP contribution in [0.2, 0.25) is 0 Å². The molecule has 0 radical (unpaired) electrons. The average Bonchev–Trinajstić information content (AvgIpc) is 3.77. The lowest BCUT2D eigenvalue weighted by molar-refractivity contribution is -0.130. The predicted octanol–water partition coefficient (Wildman–Crippen LogP) is 4.13. The number of amides is 1. The van der Waals surface area contributed by atoms with Crippen LogP contribution in [0.25, 0.3) is 0 Å². The predicted molar refractivity (Wildman–Crippen MR) is 180 cm³/mol. The summed E-state index contributed by atoms with van der Waals surface area (Å²) in [5, 5.41) is 9.08. The topological polar surface area (TPSA) is 154 Å². The van der Waals surface area contributed by atoms with E-state index in [1.807, 2.05) is 12.1 Å². The van der Waals surface area contributed by atoms with Gasteiger partial charge in [-0.05, 0) is 71.8 Å². The van der Waals surface area contributed by atoms with Gasteiger partial charge in [-0.1, -0.05) is 36.4 Å². The maximum absolute atomic E-state index is 14.4. The first kappa shape index (κ1) is 33.8. The Kier molecular flexibility index (Phi) is 10.3. The maximum Gasteiger partial charge on any atom is 0.266 e. The molecule has 0 saturated carbocycles. The Morgan fingerprint density at radius 1 is 0.959 bits per heavy atom. The first-order chi connectivity index (χ1) is 23.8. The van der Waals surface area contributed by atoms with E-state index in [1.54, 1.807) is 72.8 Å². The number of ether oxygens (including phenoxy) is 5. The lowest BCUT2D eigenvalue weighted by Crippen LogP contribution is -2.53. The number of aliphatic hydroxyl groups excluding tert-OH is 1. The van der Waals surface area contributed by atoms with Crippen molar-refractivity contribution in [2.75, 3.05) is 32.9 Å². The number of aliphatic imine (C=N–C) groups is 1. The van der Waals surface area contributed by atoms with Crippen LogP contribution in [0.4, 0.5) is 0 Å². The second-order valence-electron chi connectivity index (χ2n) is 11.4. The van der Waals surface area contributed by atoms with Crippen molar-refractivity contribution in [3.8, 4) is 23.0 Å². The molecule has 2 aliphatic rings. The standard InChI is InChI=1S/C36H37N3O9S/c1-44-29-8-5-7-27(22-29)33-36(17-20-49(42,43)30-9-3-2-4-10-30,35(41)39-37-23-25-11-16-31-32(21-25)47-24-46-31)38-34(48-33)26-12-14-28(15-13-26)45-19-6-18-40/h2-5,7-16,21-22,33,37,40H,6,17-20,23-24H2,1H3,(H,39,41)/t33-,36-/m0/s1. The molecule has 12 nitrogen and oxygen atoms in total. The maximum atomic E-state index is 14.4. The number of rotatable bonds is 15. The van der Waals surface area contributed by atoms with Crippen LogP contribution in [0.3, 0.4) is 0 Å². The number of methoxy groups -OCH3 is 1. The first-order valence-corrected chi connectivity index (χ1v) is 17.4. The van der Waals surface area contributed by atoms with E-state index in [0.717, 1.165) is 5.56 Å². The normalized spacial score (nSPS) is 18.0. The van der Waals surface area contributed by atoms with Crippen molar-refractivity contribution >= 4 is 21.6 Å². The highest BCUT2D eigenvalue weighted by Gasteiger charge is 2.54. The highest BCUT2D eigenvalue weighted by Crippen LogP contribution is 2.44. The van der Waals surface area contributed by atoms with Gasteiger partial charge in [-0.3, -0.25) is 10.2 Å². The quantitative estimate of drug-likeness (QED) is 0.123. The molecule has 6 rings (SSSR count). The molecule has 0 aromatic heterocycles. The van der Waals surface area contributed by atoms with Crippen LogP contribution in [0.15, 0.2) is 107 Å². The Hall–Kier alpha value is -5.11. The average molecular weight is 688 g/mol. The summed E-state index contributed by atoms with van der Waals surface area (Å²) in [6.45, 7) is 0.746. The third-order valence-corrected chi connectivity index (χ3v) is 9.94. The summed E-state index contributed by atoms with van der Waals surface area (Å²) < 4.78 is 55.7. The summed E-state index contributed by atoms with van der Waals surface area (Å²) in [5.74, 6) is 1.57. The van der Waals surface area contributed by atoms with Crippen LogP contribution in [-0.4, -0.2) is 63.7 Å². The van der Waals surface area contributed by atoms with Crippen LogP contribution in [0.1, 0.15) is 35.6 Å². The lowest BCUT2D eigenvalue weighted by atomic mass is 9.85. The summed E-state index contributed by atoms with van der Waals surface area (Å²) in [5.41, 5.74) is 6.00. The molecule has 4 aromatic carbocycles. The Morgan fingerprint density at radius 3 is 2.53 bits per heavy atom. The lowest BCUT2D eigenvalue weighted by Gasteiger charge is -2.30. The summed E-state index contributed by atoms with van der Waals surface area (Å²) in [7, 11) is -2.28. The van der Waals surface area contributed by atoms with E-state index in [2.05, 4.69) is 10.9 Å². The van der Waals surface area contributed by atoms with Crippen molar-refractivity contribution in [3.05, 3.63) is 114 Å². The molecule has 1 amide bonds. The minimum atomic E-state index is -3.82. The highest BCUT2D eigenvalue weighted by atomic mass is 32.2. The number of fused-ring (bicyclic) bond motifs is 1.